The van der Waals surface area contributed by atoms with Gasteiger partial charge in [-0.15, -0.1) is 0 Å². The number of benzene rings is 1. The van der Waals surface area contributed by atoms with E-state index in [4.69, 9.17) is 11.6 Å². The molecule has 0 amide bonds. The zero-order chi connectivity index (χ0) is 18.7. The summed E-state index contributed by atoms with van der Waals surface area (Å²) in [6, 6.07) is 7.18. The Labute approximate surface area is 152 Å². The van der Waals surface area contributed by atoms with Gasteiger partial charge in [-0.2, -0.15) is 0 Å². The minimum atomic E-state index is -0.676. The number of carbonyl (C=O) groups is 1. The summed E-state index contributed by atoms with van der Waals surface area (Å²) in [5.74, 6) is -1.30. The summed E-state index contributed by atoms with van der Waals surface area (Å²) in [6.45, 7) is -0.131. The summed E-state index contributed by atoms with van der Waals surface area (Å²) in [6.07, 6.45) is 3.83. The average Bonchev–Trinajstić information content (AvgIpc) is 2.63. The number of ketones is 1. The van der Waals surface area contributed by atoms with Gasteiger partial charge in [0.05, 0.1) is 23.3 Å². The minimum Gasteiger partial charge on any atom is -0.504 e. The average molecular weight is 374 g/mol. The van der Waals surface area contributed by atoms with Gasteiger partial charge in [-0.1, -0.05) is 11.6 Å². The number of pyridine rings is 2. The number of phenols is 2. The lowest BCUT2D eigenvalue weighted by atomic mass is 10.1. The lowest BCUT2D eigenvalue weighted by Crippen LogP contribution is -2.16. The number of hydrogen-bond donors (Lipinski definition) is 3. The highest BCUT2D eigenvalue weighted by atomic mass is 35.5. The van der Waals surface area contributed by atoms with Crippen molar-refractivity contribution in [2.45, 2.75) is 0 Å². The normalized spacial score (nSPS) is 10.5. The molecule has 6 nitrogen and oxygen atoms in total. The Morgan fingerprint density at radius 2 is 1.92 bits per heavy atom. The van der Waals surface area contributed by atoms with Crippen LogP contribution < -0.4 is 5.32 Å². The van der Waals surface area contributed by atoms with Crippen LogP contribution in [0.2, 0.25) is 5.02 Å². The Morgan fingerprint density at radius 1 is 1.15 bits per heavy atom. The van der Waals surface area contributed by atoms with Crippen LogP contribution in [-0.4, -0.2) is 32.5 Å². The van der Waals surface area contributed by atoms with Crippen LogP contribution >= 0.6 is 11.6 Å². The summed E-state index contributed by atoms with van der Waals surface area (Å²) >= 11 is 6.06. The zero-order valence-corrected chi connectivity index (χ0v) is 14.0. The van der Waals surface area contributed by atoms with Gasteiger partial charge in [-0.05, 0) is 24.3 Å². The quantitative estimate of drug-likeness (QED) is 0.467. The van der Waals surface area contributed by atoms with E-state index >= 15 is 0 Å². The van der Waals surface area contributed by atoms with Gasteiger partial charge < -0.3 is 15.5 Å². The molecule has 3 rings (SSSR count). The maximum atomic E-state index is 13.5. The highest BCUT2D eigenvalue weighted by Gasteiger charge is 2.12. The molecule has 0 saturated carbocycles. The van der Waals surface area contributed by atoms with Crippen molar-refractivity contribution >= 4 is 23.2 Å². The lowest BCUT2D eigenvalue weighted by molar-refractivity contribution is 0.100. The third-order valence-corrected chi connectivity index (χ3v) is 3.95. The molecule has 2 aromatic heterocycles. The van der Waals surface area contributed by atoms with E-state index in [1.165, 1.54) is 30.6 Å². The van der Waals surface area contributed by atoms with E-state index in [0.717, 1.165) is 6.20 Å². The zero-order valence-electron chi connectivity index (χ0n) is 13.3. The molecule has 3 aromatic rings. The van der Waals surface area contributed by atoms with Crippen molar-refractivity contribution in [2.24, 2.45) is 0 Å². The number of carbonyl (C=O) groups excluding carboxylic acids is 1. The molecule has 0 aliphatic heterocycles. The first-order valence-electron chi connectivity index (χ1n) is 7.50. The van der Waals surface area contributed by atoms with Crippen LogP contribution in [-0.2, 0) is 0 Å². The van der Waals surface area contributed by atoms with Crippen molar-refractivity contribution in [3.63, 3.8) is 0 Å². The SMILES string of the molecule is O=C(CNc1ccc(-c2cc(O)c(O)cc2Cl)cn1)c1ccncc1F. The second-order valence-corrected chi connectivity index (χ2v) is 5.79. The van der Waals surface area contributed by atoms with Crippen molar-refractivity contribution in [3.8, 4) is 22.6 Å². The van der Waals surface area contributed by atoms with Crippen LogP contribution in [0, 0.1) is 5.82 Å². The van der Waals surface area contributed by atoms with Crippen molar-refractivity contribution in [2.75, 3.05) is 11.9 Å². The number of Topliss-reactive ketones (excluding diaryl/α,β-unsaturated/α-hetero) is 1. The molecular formula is C18H13ClFN3O3. The number of halogens is 2. The summed E-state index contributed by atoms with van der Waals surface area (Å²) in [7, 11) is 0. The van der Waals surface area contributed by atoms with Crippen LogP contribution in [0.5, 0.6) is 11.5 Å². The molecule has 3 N–H and O–H groups in total. The van der Waals surface area contributed by atoms with Crippen molar-refractivity contribution in [1.29, 1.82) is 0 Å². The molecule has 0 spiro atoms. The molecule has 0 atom stereocenters. The standard InChI is InChI=1S/C18H13ClFN3O3/c19-13-6-16(25)15(24)5-12(13)10-1-2-18(22-7-10)23-9-17(26)11-3-4-21-8-14(11)20/h1-8,24-25H,9H2,(H,22,23). The molecule has 0 radical (unpaired) electrons. The Balaban J connectivity index is 1.72. The monoisotopic (exact) mass is 373 g/mol. The van der Waals surface area contributed by atoms with Crippen LogP contribution in [0.1, 0.15) is 10.4 Å². The topological polar surface area (TPSA) is 95.3 Å². The minimum absolute atomic E-state index is 0.0459. The molecule has 0 fully saturated rings. The van der Waals surface area contributed by atoms with Crippen LogP contribution in [0.25, 0.3) is 11.1 Å². The van der Waals surface area contributed by atoms with E-state index in [2.05, 4.69) is 15.3 Å². The first kappa shape index (κ1) is 17.6. The van der Waals surface area contributed by atoms with E-state index < -0.39 is 11.6 Å². The highest BCUT2D eigenvalue weighted by molar-refractivity contribution is 6.33. The largest absolute Gasteiger partial charge is 0.504 e. The number of aromatic nitrogens is 2. The Morgan fingerprint density at radius 3 is 2.62 bits per heavy atom. The number of nitrogens with zero attached hydrogens (tertiary/aromatic N) is 2. The lowest BCUT2D eigenvalue weighted by Gasteiger charge is -2.09. The summed E-state index contributed by atoms with van der Waals surface area (Å²) in [5.41, 5.74) is 1.06. The van der Waals surface area contributed by atoms with Crippen LogP contribution in [0.4, 0.5) is 10.2 Å². The van der Waals surface area contributed by atoms with Gasteiger partial charge in [0, 0.05) is 29.6 Å². The summed E-state index contributed by atoms with van der Waals surface area (Å²) in [5, 5.41) is 22.1. The van der Waals surface area contributed by atoms with Gasteiger partial charge >= 0.3 is 0 Å². The van der Waals surface area contributed by atoms with E-state index in [1.54, 1.807) is 12.1 Å². The molecule has 0 saturated heterocycles. The van der Waals surface area contributed by atoms with Crippen molar-refractivity contribution in [3.05, 3.63) is 65.3 Å². The molecule has 2 heterocycles. The first-order chi connectivity index (χ1) is 12.5. The van der Waals surface area contributed by atoms with Gasteiger partial charge in [-0.25, -0.2) is 9.37 Å². The van der Waals surface area contributed by atoms with Gasteiger partial charge in [0.25, 0.3) is 0 Å². The smallest absolute Gasteiger partial charge is 0.184 e. The number of aromatic hydroxyl groups is 2. The van der Waals surface area contributed by atoms with E-state index in [9.17, 15) is 19.4 Å². The molecule has 0 unspecified atom stereocenters. The predicted molar refractivity (Wildman–Crippen MR) is 95.0 cm³/mol. The molecule has 0 aliphatic rings. The predicted octanol–water partition coefficient (Wildman–Crippen LogP) is 3.64. The van der Waals surface area contributed by atoms with Crippen molar-refractivity contribution < 1.29 is 19.4 Å². The molecule has 8 heteroatoms. The van der Waals surface area contributed by atoms with E-state index in [1.807, 2.05) is 0 Å². The van der Waals surface area contributed by atoms with Crippen LogP contribution in [0.15, 0.2) is 48.9 Å². The van der Waals surface area contributed by atoms with Gasteiger partial charge in [0.15, 0.2) is 23.1 Å². The highest BCUT2D eigenvalue weighted by Crippen LogP contribution is 2.36. The van der Waals surface area contributed by atoms with Gasteiger partial charge in [0.1, 0.15) is 5.82 Å². The maximum absolute atomic E-state index is 13.5. The fourth-order valence-corrected chi connectivity index (χ4v) is 2.56. The number of phenolic OH excluding ortho intramolecular Hbond substituents is 2. The first-order valence-corrected chi connectivity index (χ1v) is 7.88. The third kappa shape index (κ3) is 3.73. The number of hydrogen-bond acceptors (Lipinski definition) is 6. The van der Waals surface area contributed by atoms with Gasteiger partial charge in [-0.3, -0.25) is 9.78 Å². The molecule has 0 aliphatic carbocycles. The molecular weight excluding hydrogens is 361 g/mol. The fraction of sp³-hybridized carbons (Fsp3) is 0.0556. The van der Waals surface area contributed by atoms with E-state index in [-0.39, 0.29) is 28.6 Å². The summed E-state index contributed by atoms with van der Waals surface area (Å²) in [4.78, 5) is 19.8. The second-order valence-electron chi connectivity index (χ2n) is 5.39. The second kappa shape index (κ2) is 7.37. The number of rotatable bonds is 5. The number of nitrogens with one attached hydrogen (secondary N) is 1. The molecule has 26 heavy (non-hydrogen) atoms. The van der Waals surface area contributed by atoms with Gasteiger partial charge in [0.2, 0.25) is 0 Å². The fourth-order valence-electron chi connectivity index (χ4n) is 2.30. The Bertz CT molecular complexity index is 964. The number of anilines is 1. The molecule has 1 aromatic carbocycles. The molecule has 0 bridgehead atoms. The Kier molecular flexibility index (Phi) is 4.99. The molecule has 132 valence electrons. The Hall–Kier alpha value is -3.19. The maximum Gasteiger partial charge on any atom is 0.184 e. The summed E-state index contributed by atoms with van der Waals surface area (Å²) < 4.78 is 13.5. The van der Waals surface area contributed by atoms with Crippen LogP contribution in [0.3, 0.4) is 0 Å². The third-order valence-electron chi connectivity index (χ3n) is 3.64. The van der Waals surface area contributed by atoms with Crippen molar-refractivity contribution in [1.82, 2.24) is 9.97 Å². The van der Waals surface area contributed by atoms with E-state index in [0.29, 0.717) is 16.9 Å².